The molecule has 116 valence electrons. The number of nitrogens with one attached hydrogen (secondary N) is 1. The molecular weight excluding hydrogens is 297 g/mol. The summed E-state index contributed by atoms with van der Waals surface area (Å²) in [6.07, 6.45) is 5.49. The fraction of sp³-hybridized carbons (Fsp3) is 0.467. The van der Waals surface area contributed by atoms with Crippen molar-refractivity contribution >= 4 is 37.0 Å². The maximum absolute atomic E-state index is 6.07. The van der Waals surface area contributed by atoms with Crippen molar-refractivity contribution in [2.24, 2.45) is 0 Å². The highest BCUT2D eigenvalue weighted by atomic mass is 32.1. The first-order valence-electron chi connectivity index (χ1n) is 7.29. The zero-order chi connectivity index (χ0) is 16.0. The summed E-state index contributed by atoms with van der Waals surface area (Å²) >= 11 is 4.41. The van der Waals surface area contributed by atoms with Crippen LogP contribution >= 0.6 is 12.6 Å². The highest BCUT2D eigenvalue weighted by Gasteiger charge is 2.52. The van der Waals surface area contributed by atoms with Gasteiger partial charge in [0.25, 0.3) is 0 Å². The Hall–Kier alpha value is -1.31. The van der Waals surface area contributed by atoms with E-state index in [0.29, 0.717) is 5.75 Å². The summed E-state index contributed by atoms with van der Waals surface area (Å²) in [5.41, 5.74) is 2.59. The van der Waals surface area contributed by atoms with Gasteiger partial charge in [-0.1, -0.05) is 0 Å². The van der Waals surface area contributed by atoms with Gasteiger partial charge in [0.1, 0.15) is 5.52 Å². The van der Waals surface area contributed by atoms with Crippen molar-refractivity contribution in [1.82, 2.24) is 15.0 Å². The standard InChI is InChI=1S/C15H20BN3O2S/c1-14(2)15(3,4)21-16(20-14)10(9-22)7-11-8-18-13-12(19-11)5-6-17-13/h5-8,22H,9H2,1-4H3,(H,17,18). The number of thiol groups is 1. The van der Waals surface area contributed by atoms with E-state index in [9.17, 15) is 0 Å². The molecule has 0 aliphatic carbocycles. The first kappa shape index (κ1) is 15.6. The third kappa shape index (κ3) is 2.68. The molecule has 1 N–H and O–H groups in total. The minimum Gasteiger partial charge on any atom is -0.400 e. The number of hydrogen-bond donors (Lipinski definition) is 2. The Balaban J connectivity index is 1.90. The summed E-state index contributed by atoms with van der Waals surface area (Å²) in [6, 6.07) is 1.90. The molecule has 0 saturated carbocycles. The van der Waals surface area contributed by atoms with E-state index in [0.717, 1.165) is 22.3 Å². The monoisotopic (exact) mass is 317 g/mol. The lowest BCUT2D eigenvalue weighted by Crippen LogP contribution is -2.41. The predicted octanol–water partition coefficient (Wildman–Crippen LogP) is 2.90. The number of hydrogen-bond acceptors (Lipinski definition) is 5. The zero-order valence-electron chi connectivity index (χ0n) is 13.3. The Morgan fingerprint density at radius 3 is 2.64 bits per heavy atom. The Morgan fingerprint density at radius 1 is 1.32 bits per heavy atom. The van der Waals surface area contributed by atoms with E-state index in [-0.39, 0.29) is 11.2 Å². The summed E-state index contributed by atoms with van der Waals surface area (Å²) in [5.74, 6) is 0.531. The normalized spacial score (nSPS) is 20.8. The number of aromatic amines is 1. The lowest BCUT2D eigenvalue weighted by Gasteiger charge is -2.32. The molecule has 0 radical (unpaired) electrons. The summed E-state index contributed by atoms with van der Waals surface area (Å²) in [4.78, 5) is 11.9. The molecule has 2 aromatic heterocycles. The van der Waals surface area contributed by atoms with Crippen LogP contribution in [0, 0.1) is 0 Å². The second kappa shape index (κ2) is 5.40. The van der Waals surface area contributed by atoms with Gasteiger partial charge in [-0.05, 0) is 45.3 Å². The van der Waals surface area contributed by atoms with Crippen molar-refractivity contribution in [1.29, 1.82) is 0 Å². The SMILES string of the molecule is CC1(C)OB(C(=Cc2cnc3[nH]ccc3n2)CS)OC1(C)C. The Labute approximate surface area is 136 Å². The summed E-state index contributed by atoms with van der Waals surface area (Å²) in [7, 11) is -0.411. The fourth-order valence-electron chi connectivity index (χ4n) is 2.29. The van der Waals surface area contributed by atoms with E-state index in [1.807, 2.05) is 46.0 Å². The average molecular weight is 317 g/mol. The third-order valence-electron chi connectivity index (χ3n) is 4.35. The van der Waals surface area contributed by atoms with E-state index >= 15 is 0 Å². The second-order valence-electron chi connectivity index (χ2n) is 6.47. The van der Waals surface area contributed by atoms with E-state index in [4.69, 9.17) is 9.31 Å². The molecule has 1 saturated heterocycles. The Morgan fingerprint density at radius 2 is 2.00 bits per heavy atom. The largest absolute Gasteiger partial charge is 0.491 e. The van der Waals surface area contributed by atoms with Gasteiger partial charge in [-0.15, -0.1) is 0 Å². The molecular formula is C15H20BN3O2S. The number of nitrogens with zero attached hydrogens (tertiary/aromatic N) is 2. The van der Waals surface area contributed by atoms with Gasteiger partial charge in [0.05, 0.1) is 23.1 Å². The van der Waals surface area contributed by atoms with Crippen molar-refractivity contribution in [3.63, 3.8) is 0 Å². The van der Waals surface area contributed by atoms with E-state index in [1.54, 1.807) is 6.20 Å². The van der Waals surface area contributed by atoms with Crippen molar-refractivity contribution in [2.75, 3.05) is 5.75 Å². The van der Waals surface area contributed by atoms with Crippen molar-refractivity contribution in [3.05, 3.63) is 29.6 Å². The van der Waals surface area contributed by atoms with Gasteiger partial charge < -0.3 is 14.3 Å². The minimum atomic E-state index is -0.411. The highest BCUT2D eigenvalue weighted by Crippen LogP contribution is 2.38. The molecule has 0 atom stereocenters. The number of rotatable bonds is 3. The summed E-state index contributed by atoms with van der Waals surface area (Å²) in [5, 5.41) is 0. The smallest absolute Gasteiger partial charge is 0.400 e. The molecule has 3 rings (SSSR count). The molecule has 1 aliphatic rings. The molecule has 0 bridgehead atoms. The van der Waals surface area contributed by atoms with Crippen LogP contribution in [-0.4, -0.2) is 39.0 Å². The van der Waals surface area contributed by atoms with Gasteiger partial charge in [0.2, 0.25) is 0 Å². The Kier molecular flexibility index (Phi) is 3.83. The number of aromatic nitrogens is 3. The van der Waals surface area contributed by atoms with Crippen LogP contribution in [0.25, 0.3) is 17.2 Å². The number of H-pyrrole nitrogens is 1. The molecule has 7 heteroatoms. The quantitative estimate of drug-likeness (QED) is 0.675. The van der Waals surface area contributed by atoms with Crippen LogP contribution in [0.1, 0.15) is 33.4 Å². The van der Waals surface area contributed by atoms with Gasteiger partial charge >= 0.3 is 7.12 Å². The van der Waals surface area contributed by atoms with Crippen LogP contribution < -0.4 is 0 Å². The van der Waals surface area contributed by atoms with Crippen molar-refractivity contribution in [2.45, 2.75) is 38.9 Å². The first-order chi connectivity index (χ1) is 10.3. The molecule has 5 nitrogen and oxygen atoms in total. The number of fused-ring (bicyclic) bond motifs is 1. The van der Waals surface area contributed by atoms with Crippen LogP contribution in [0.4, 0.5) is 0 Å². The molecule has 0 unspecified atom stereocenters. The van der Waals surface area contributed by atoms with E-state index in [2.05, 4.69) is 27.6 Å². The van der Waals surface area contributed by atoms with Crippen LogP contribution in [0.2, 0.25) is 0 Å². The summed E-state index contributed by atoms with van der Waals surface area (Å²) < 4.78 is 12.1. The molecule has 1 fully saturated rings. The molecule has 0 aromatic carbocycles. The maximum Gasteiger partial charge on any atom is 0.491 e. The molecule has 1 aliphatic heterocycles. The summed E-state index contributed by atoms with van der Waals surface area (Å²) in [6.45, 7) is 8.15. The zero-order valence-corrected chi connectivity index (χ0v) is 14.1. The molecule has 0 amide bonds. The lowest BCUT2D eigenvalue weighted by atomic mass is 9.78. The van der Waals surface area contributed by atoms with Gasteiger partial charge in [0, 0.05) is 11.9 Å². The van der Waals surface area contributed by atoms with E-state index < -0.39 is 7.12 Å². The molecule has 3 heterocycles. The van der Waals surface area contributed by atoms with Gasteiger partial charge in [-0.2, -0.15) is 12.6 Å². The fourth-order valence-corrected chi connectivity index (χ4v) is 2.53. The maximum atomic E-state index is 6.07. The van der Waals surface area contributed by atoms with Crippen LogP contribution in [0.5, 0.6) is 0 Å². The van der Waals surface area contributed by atoms with Crippen LogP contribution in [0.3, 0.4) is 0 Å². The second-order valence-corrected chi connectivity index (χ2v) is 6.79. The third-order valence-corrected chi connectivity index (χ3v) is 4.72. The van der Waals surface area contributed by atoms with Crippen molar-refractivity contribution < 1.29 is 9.31 Å². The molecule has 0 spiro atoms. The van der Waals surface area contributed by atoms with Gasteiger partial charge in [-0.3, -0.25) is 0 Å². The predicted molar refractivity (Wildman–Crippen MR) is 91.8 cm³/mol. The minimum absolute atomic E-state index is 0.365. The molecule has 22 heavy (non-hydrogen) atoms. The lowest BCUT2D eigenvalue weighted by molar-refractivity contribution is 0.00578. The van der Waals surface area contributed by atoms with Gasteiger partial charge in [-0.25, -0.2) is 9.97 Å². The van der Waals surface area contributed by atoms with Crippen molar-refractivity contribution in [3.8, 4) is 0 Å². The van der Waals surface area contributed by atoms with Gasteiger partial charge in [0.15, 0.2) is 5.65 Å². The highest BCUT2D eigenvalue weighted by molar-refractivity contribution is 7.80. The Bertz CT molecular complexity index is 710. The van der Waals surface area contributed by atoms with Crippen LogP contribution in [0.15, 0.2) is 23.9 Å². The first-order valence-corrected chi connectivity index (χ1v) is 7.93. The average Bonchev–Trinajstić information content (AvgIpc) is 2.98. The molecule has 2 aromatic rings. The van der Waals surface area contributed by atoms with E-state index in [1.165, 1.54) is 0 Å². The van der Waals surface area contributed by atoms with Crippen LogP contribution in [-0.2, 0) is 9.31 Å². The topological polar surface area (TPSA) is 60.0 Å².